The Morgan fingerprint density at radius 1 is 1.16 bits per heavy atom. The van der Waals surface area contributed by atoms with E-state index in [4.69, 9.17) is 4.74 Å². The van der Waals surface area contributed by atoms with Gasteiger partial charge in [-0.1, -0.05) is 26.2 Å². The highest BCUT2D eigenvalue weighted by Gasteiger charge is 2.49. The van der Waals surface area contributed by atoms with Crippen molar-refractivity contribution in [3.63, 3.8) is 0 Å². The van der Waals surface area contributed by atoms with Crippen molar-refractivity contribution in [1.29, 1.82) is 0 Å². The summed E-state index contributed by atoms with van der Waals surface area (Å²) in [6.45, 7) is 10.6. The van der Waals surface area contributed by atoms with Crippen molar-refractivity contribution in [2.24, 2.45) is 17.3 Å². The normalized spacial score (nSPS) is 30.8. The maximum Gasteiger partial charge on any atom is 0.0550 e. The number of nitrogens with one attached hydrogen (secondary N) is 1. The van der Waals surface area contributed by atoms with Crippen LogP contribution < -0.4 is 5.32 Å². The van der Waals surface area contributed by atoms with E-state index in [1.54, 1.807) is 0 Å². The minimum Gasteiger partial charge on any atom is -0.380 e. The molecule has 1 aliphatic carbocycles. The standard InChI is InChI=1S/C16H30N2O/c1-14(11-18-9-7-17-8-10-18)16(12-19-13-16)15-5-3-2-4-6-15/h14-15,17H,2-13H2,1H3. The summed E-state index contributed by atoms with van der Waals surface area (Å²) in [7, 11) is 0. The van der Waals surface area contributed by atoms with Gasteiger partial charge in [0.05, 0.1) is 13.2 Å². The van der Waals surface area contributed by atoms with Crippen LogP contribution in [0.5, 0.6) is 0 Å². The van der Waals surface area contributed by atoms with Gasteiger partial charge in [0.1, 0.15) is 0 Å². The van der Waals surface area contributed by atoms with Crippen molar-refractivity contribution >= 4 is 0 Å². The van der Waals surface area contributed by atoms with Gasteiger partial charge in [-0.2, -0.15) is 0 Å². The van der Waals surface area contributed by atoms with E-state index in [1.807, 2.05) is 0 Å². The molecule has 19 heavy (non-hydrogen) atoms. The zero-order valence-corrected chi connectivity index (χ0v) is 12.5. The maximum atomic E-state index is 5.67. The smallest absolute Gasteiger partial charge is 0.0550 e. The predicted molar refractivity (Wildman–Crippen MR) is 78.3 cm³/mol. The first-order chi connectivity index (χ1) is 9.31. The van der Waals surface area contributed by atoms with Crippen LogP contribution in [0.3, 0.4) is 0 Å². The van der Waals surface area contributed by atoms with Crippen molar-refractivity contribution < 1.29 is 4.74 Å². The first-order valence-corrected chi connectivity index (χ1v) is 8.32. The molecule has 2 saturated heterocycles. The van der Waals surface area contributed by atoms with Crippen LogP contribution in [0, 0.1) is 17.3 Å². The molecule has 1 N–H and O–H groups in total. The molecule has 1 atom stereocenters. The van der Waals surface area contributed by atoms with Crippen molar-refractivity contribution in [2.45, 2.75) is 39.0 Å². The highest BCUT2D eigenvalue weighted by molar-refractivity contribution is 4.97. The second-order valence-electron chi connectivity index (χ2n) is 7.01. The SMILES string of the molecule is CC(CN1CCNCC1)C1(C2CCCCC2)COC1. The molecule has 0 spiro atoms. The van der Waals surface area contributed by atoms with Crippen molar-refractivity contribution in [3.8, 4) is 0 Å². The molecule has 3 heteroatoms. The van der Waals surface area contributed by atoms with Crippen LogP contribution in [0.15, 0.2) is 0 Å². The van der Waals surface area contributed by atoms with E-state index in [0.717, 1.165) is 25.0 Å². The van der Waals surface area contributed by atoms with Crippen LogP contribution in [-0.2, 0) is 4.74 Å². The summed E-state index contributed by atoms with van der Waals surface area (Å²) >= 11 is 0. The Kier molecular flexibility index (Phi) is 4.45. The lowest BCUT2D eigenvalue weighted by Crippen LogP contribution is -2.57. The zero-order valence-electron chi connectivity index (χ0n) is 12.5. The molecule has 0 radical (unpaired) electrons. The van der Waals surface area contributed by atoms with Crippen LogP contribution in [0.4, 0.5) is 0 Å². The molecule has 2 heterocycles. The zero-order chi connectivity index (χ0) is 13.1. The maximum absolute atomic E-state index is 5.67. The molecular weight excluding hydrogens is 236 g/mol. The number of ether oxygens (including phenoxy) is 1. The molecule has 1 unspecified atom stereocenters. The van der Waals surface area contributed by atoms with Gasteiger partial charge in [0.25, 0.3) is 0 Å². The van der Waals surface area contributed by atoms with Gasteiger partial charge in [0, 0.05) is 38.1 Å². The highest BCUT2D eigenvalue weighted by Crippen LogP contribution is 2.49. The topological polar surface area (TPSA) is 24.5 Å². The van der Waals surface area contributed by atoms with Gasteiger partial charge < -0.3 is 15.0 Å². The fraction of sp³-hybridized carbons (Fsp3) is 1.00. The van der Waals surface area contributed by atoms with E-state index in [9.17, 15) is 0 Å². The lowest BCUT2D eigenvalue weighted by Gasteiger charge is -2.53. The van der Waals surface area contributed by atoms with Crippen LogP contribution in [0.1, 0.15) is 39.0 Å². The van der Waals surface area contributed by atoms with Gasteiger partial charge in [0.15, 0.2) is 0 Å². The third-order valence-corrected chi connectivity index (χ3v) is 5.88. The predicted octanol–water partition coefficient (Wildman–Crippen LogP) is 2.12. The van der Waals surface area contributed by atoms with E-state index in [2.05, 4.69) is 17.1 Å². The Morgan fingerprint density at radius 3 is 2.42 bits per heavy atom. The van der Waals surface area contributed by atoms with Gasteiger partial charge in [-0.3, -0.25) is 0 Å². The third-order valence-electron chi connectivity index (χ3n) is 5.88. The fourth-order valence-corrected chi connectivity index (χ4v) is 4.40. The Bertz CT molecular complexity index is 278. The molecule has 0 aromatic carbocycles. The summed E-state index contributed by atoms with van der Waals surface area (Å²) in [5, 5.41) is 3.45. The molecule has 0 bridgehead atoms. The molecule has 0 aromatic heterocycles. The van der Waals surface area contributed by atoms with E-state index < -0.39 is 0 Å². The monoisotopic (exact) mass is 266 g/mol. The minimum atomic E-state index is 0.519. The number of hydrogen-bond donors (Lipinski definition) is 1. The lowest BCUT2D eigenvalue weighted by atomic mass is 9.61. The molecule has 0 aromatic rings. The summed E-state index contributed by atoms with van der Waals surface area (Å²) < 4.78 is 5.67. The molecular formula is C16H30N2O. The minimum absolute atomic E-state index is 0.519. The lowest BCUT2D eigenvalue weighted by molar-refractivity contribution is -0.184. The largest absolute Gasteiger partial charge is 0.380 e. The third kappa shape index (κ3) is 2.84. The average Bonchev–Trinajstić information content (AvgIpc) is 2.40. The molecule has 3 nitrogen and oxygen atoms in total. The van der Waals surface area contributed by atoms with Crippen LogP contribution in [-0.4, -0.2) is 50.8 Å². The van der Waals surface area contributed by atoms with Crippen molar-refractivity contribution in [1.82, 2.24) is 10.2 Å². The highest BCUT2D eigenvalue weighted by atomic mass is 16.5. The van der Waals surface area contributed by atoms with Gasteiger partial charge in [-0.25, -0.2) is 0 Å². The molecule has 1 saturated carbocycles. The van der Waals surface area contributed by atoms with E-state index in [1.165, 1.54) is 64.8 Å². The first kappa shape index (κ1) is 13.8. The first-order valence-electron chi connectivity index (χ1n) is 8.32. The molecule has 3 rings (SSSR count). The number of piperazine rings is 1. The van der Waals surface area contributed by atoms with Gasteiger partial charge in [-0.15, -0.1) is 0 Å². The van der Waals surface area contributed by atoms with Crippen LogP contribution in [0.25, 0.3) is 0 Å². The van der Waals surface area contributed by atoms with Crippen LogP contribution >= 0.6 is 0 Å². The second-order valence-corrected chi connectivity index (χ2v) is 7.01. The molecule has 3 fully saturated rings. The number of nitrogens with zero attached hydrogens (tertiary/aromatic N) is 1. The summed E-state index contributed by atoms with van der Waals surface area (Å²) in [5.74, 6) is 1.73. The van der Waals surface area contributed by atoms with E-state index in [-0.39, 0.29) is 0 Å². The second kappa shape index (κ2) is 6.11. The fourth-order valence-electron chi connectivity index (χ4n) is 4.40. The Hall–Kier alpha value is -0.120. The summed E-state index contributed by atoms with van der Waals surface area (Å²) in [6, 6.07) is 0. The van der Waals surface area contributed by atoms with E-state index >= 15 is 0 Å². The summed E-state index contributed by atoms with van der Waals surface area (Å²) in [4.78, 5) is 2.66. The molecule has 0 amide bonds. The van der Waals surface area contributed by atoms with Crippen molar-refractivity contribution in [3.05, 3.63) is 0 Å². The molecule has 3 aliphatic rings. The number of rotatable bonds is 4. The van der Waals surface area contributed by atoms with Crippen molar-refractivity contribution in [2.75, 3.05) is 45.9 Å². The molecule has 110 valence electrons. The Balaban J connectivity index is 1.59. The van der Waals surface area contributed by atoms with Gasteiger partial charge >= 0.3 is 0 Å². The Morgan fingerprint density at radius 2 is 1.84 bits per heavy atom. The van der Waals surface area contributed by atoms with Crippen LogP contribution in [0.2, 0.25) is 0 Å². The molecule has 2 aliphatic heterocycles. The summed E-state index contributed by atoms with van der Waals surface area (Å²) in [5.41, 5.74) is 0.519. The quantitative estimate of drug-likeness (QED) is 0.843. The number of hydrogen-bond acceptors (Lipinski definition) is 3. The Labute approximate surface area is 118 Å². The van der Waals surface area contributed by atoms with Gasteiger partial charge in [-0.05, 0) is 24.7 Å². The summed E-state index contributed by atoms with van der Waals surface area (Å²) in [6.07, 6.45) is 7.27. The average molecular weight is 266 g/mol. The van der Waals surface area contributed by atoms with E-state index in [0.29, 0.717) is 5.41 Å². The van der Waals surface area contributed by atoms with Gasteiger partial charge in [0.2, 0.25) is 0 Å².